The Hall–Kier alpha value is -3.06. The van der Waals surface area contributed by atoms with E-state index in [0.717, 1.165) is 19.4 Å². The summed E-state index contributed by atoms with van der Waals surface area (Å²) >= 11 is 0. The van der Waals surface area contributed by atoms with E-state index in [2.05, 4.69) is 36.3 Å². The number of hydrogen-bond acceptors (Lipinski definition) is 7. The number of aromatic nitrogens is 2. The predicted molar refractivity (Wildman–Crippen MR) is 118 cm³/mol. The molecule has 0 unspecified atom stereocenters. The van der Waals surface area contributed by atoms with Gasteiger partial charge in [0.05, 0.1) is 6.20 Å². The van der Waals surface area contributed by atoms with Crippen LogP contribution in [0.3, 0.4) is 0 Å². The fraction of sp³-hybridized carbons (Fsp3) is 0.522. The van der Waals surface area contributed by atoms with Crippen LogP contribution in [0.15, 0.2) is 30.5 Å². The number of benzene rings is 1. The van der Waals surface area contributed by atoms with Gasteiger partial charge in [0.1, 0.15) is 23.2 Å². The highest BCUT2D eigenvalue weighted by Crippen LogP contribution is 2.30. The zero-order chi connectivity index (χ0) is 23.3. The van der Waals surface area contributed by atoms with Crippen molar-refractivity contribution in [2.24, 2.45) is 5.92 Å². The molecule has 2 heterocycles. The highest BCUT2D eigenvalue weighted by molar-refractivity contribution is 5.53. The maximum atomic E-state index is 12.6. The molecule has 0 radical (unpaired) electrons. The van der Waals surface area contributed by atoms with Crippen LogP contribution in [0.1, 0.15) is 43.2 Å². The highest BCUT2D eigenvalue weighted by atomic mass is 19.4. The Balaban J connectivity index is 1.34. The molecular formula is C23H27F3N6O. The van der Waals surface area contributed by atoms with Gasteiger partial charge < -0.3 is 20.3 Å². The highest BCUT2D eigenvalue weighted by Gasteiger charge is 2.32. The van der Waals surface area contributed by atoms with E-state index in [0.29, 0.717) is 28.9 Å². The minimum atomic E-state index is -4.77. The van der Waals surface area contributed by atoms with Gasteiger partial charge in [-0.05, 0) is 57.2 Å². The molecule has 4 rings (SSSR count). The number of ether oxygens (including phenoxy) is 1. The van der Waals surface area contributed by atoms with Gasteiger partial charge in [0.2, 0.25) is 5.95 Å². The number of likely N-dealkylation sites (tertiary alicyclic amines) is 1. The Labute approximate surface area is 191 Å². The third kappa shape index (κ3) is 6.26. The van der Waals surface area contributed by atoms with Crippen LogP contribution in [0.25, 0.3) is 0 Å². The normalized spacial score (nSPS) is 21.0. The quantitative estimate of drug-likeness (QED) is 0.598. The standard InChI is InChI=1S/C23H27F3N6O/c24-23(25,26)33-20-5-2-1-4-17(20)14-29-22-30-15-18(12-27)21(31-22)28-13-16-6-8-19(9-7-16)32-10-3-11-32/h1-2,4-5,15-16,19H,3,6-11,13-14H2,(H2,28,29,30,31). The third-order valence-corrected chi connectivity index (χ3v) is 6.33. The maximum absolute atomic E-state index is 12.6. The number of alkyl halides is 3. The molecule has 1 saturated heterocycles. The molecule has 33 heavy (non-hydrogen) atoms. The van der Waals surface area contributed by atoms with Crippen molar-refractivity contribution in [2.75, 3.05) is 30.3 Å². The largest absolute Gasteiger partial charge is 0.573 e. The molecule has 1 saturated carbocycles. The van der Waals surface area contributed by atoms with E-state index < -0.39 is 6.36 Å². The Kier molecular flexibility index (Phi) is 7.18. The van der Waals surface area contributed by atoms with Gasteiger partial charge in [0, 0.05) is 24.7 Å². The SMILES string of the molecule is N#Cc1cnc(NCc2ccccc2OC(F)(F)F)nc1NCC1CCC(N2CCC2)CC1. The lowest BCUT2D eigenvalue weighted by Gasteiger charge is -2.42. The average Bonchev–Trinajstić information content (AvgIpc) is 2.76. The topological polar surface area (TPSA) is 86.1 Å². The Morgan fingerprint density at radius 3 is 2.55 bits per heavy atom. The van der Waals surface area contributed by atoms with Crippen LogP contribution in [0.2, 0.25) is 0 Å². The number of para-hydroxylation sites is 1. The number of nitrogens with one attached hydrogen (secondary N) is 2. The summed E-state index contributed by atoms with van der Waals surface area (Å²) in [5, 5.41) is 15.6. The summed E-state index contributed by atoms with van der Waals surface area (Å²) in [6.07, 6.45) is 2.64. The fourth-order valence-electron chi connectivity index (χ4n) is 4.39. The molecule has 2 fully saturated rings. The minimum Gasteiger partial charge on any atom is -0.405 e. The monoisotopic (exact) mass is 460 g/mol. The first-order chi connectivity index (χ1) is 15.9. The lowest BCUT2D eigenvalue weighted by Crippen LogP contribution is -2.46. The van der Waals surface area contributed by atoms with Crippen molar-refractivity contribution < 1.29 is 17.9 Å². The van der Waals surface area contributed by atoms with E-state index in [1.54, 1.807) is 6.07 Å². The second kappa shape index (κ2) is 10.3. The number of nitrogens with zero attached hydrogens (tertiary/aromatic N) is 4. The maximum Gasteiger partial charge on any atom is 0.573 e. The predicted octanol–water partition coefficient (Wildman–Crippen LogP) is 4.54. The molecule has 0 amide bonds. The molecule has 10 heteroatoms. The van der Waals surface area contributed by atoms with Crippen molar-refractivity contribution in [1.82, 2.24) is 14.9 Å². The number of halogens is 3. The lowest BCUT2D eigenvalue weighted by atomic mass is 9.84. The van der Waals surface area contributed by atoms with Gasteiger partial charge in [-0.3, -0.25) is 0 Å². The van der Waals surface area contributed by atoms with Crippen LogP contribution in [-0.2, 0) is 6.54 Å². The molecule has 2 aliphatic rings. The van der Waals surface area contributed by atoms with Crippen molar-refractivity contribution in [2.45, 2.75) is 51.1 Å². The second-order valence-electron chi connectivity index (χ2n) is 8.52. The van der Waals surface area contributed by atoms with E-state index in [-0.39, 0.29) is 18.2 Å². The van der Waals surface area contributed by atoms with Crippen LogP contribution < -0.4 is 15.4 Å². The number of hydrogen-bond donors (Lipinski definition) is 2. The van der Waals surface area contributed by atoms with E-state index >= 15 is 0 Å². The number of rotatable bonds is 8. The molecule has 1 aliphatic heterocycles. The van der Waals surface area contributed by atoms with Crippen LogP contribution in [0.5, 0.6) is 5.75 Å². The minimum absolute atomic E-state index is 0.0398. The molecule has 1 aliphatic carbocycles. The third-order valence-electron chi connectivity index (χ3n) is 6.33. The summed E-state index contributed by atoms with van der Waals surface area (Å²) in [6, 6.07) is 8.70. The van der Waals surface area contributed by atoms with Gasteiger partial charge >= 0.3 is 6.36 Å². The molecule has 0 spiro atoms. The average molecular weight is 461 g/mol. The van der Waals surface area contributed by atoms with Gasteiger partial charge in [0.15, 0.2) is 0 Å². The van der Waals surface area contributed by atoms with Crippen LogP contribution in [0.4, 0.5) is 24.9 Å². The van der Waals surface area contributed by atoms with E-state index in [9.17, 15) is 18.4 Å². The van der Waals surface area contributed by atoms with Crippen molar-refractivity contribution in [3.63, 3.8) is 0 Å². The molecule has 7 nitrogen and oxygen atoms in total. The molecule has 0 atom stereocenters. The molecule has 2 aromatic rings. The zero-order valence-electron chi connectivity index (χ0n) is 18.2. The lowest BCUT2D eigenvalue weighted by molar-refractivity contribution is -0.274. The summed E-state index contributed by atoms with van der Waals surface area (Å²) in [6.45, 7) is 3.21. The molecule has 1 aromatic carbocycles. The van der Waals surface area contributed by atoms with Gasteiger partial charge in [-0.2, -0.15) is 10.2 Å². The molecule has 176 valence electrons. The number of anilines is 2. The molecular weight excluding hydrogens is 433 g/mol. The van der Waals surface area contributed by atoms with Crippen LogP contribution in [0, 0.1) is 17.2 Å². The first-order valence-corrected chi connectivity index (χ1v) is 11.2. The Morgan fingerprint density at radius 1 is 1.12 bits per heavy atom. The molecule has 2 N–H and O–H groups in total. The Bertz CT molecular complexity index is 981. The first-order valence-electron chi connectivity index (χ1n) is 11.2. The van der Waals surface area contributed by atoms with Gasteiger partial charge in [-0.15, -0.1) is 13.2 Å². The van der Waals surface area contributed by atoms with Crippen molar-refractivity contribution in [3.05, 3.63) is 41.6 Å². The fourth-order valence-corrected chi connectivity index (χ4v) is 4.39. The first kappa shape index (κ1) is 23.1. The molecule has 1 aromatic heterocycles. The van der Waals surface area contributed by atoms with Gasteiger partial charge in [0.25, 0.3) is 0 Å². The smallest absolute Gasteiger partial charge is 0.405 e. The van der Waals surface area contributed by atoms with Crippen molar-refractivity contribution >= 4 is 11.8 Å². The van der Waals surface area contributed by atoms with Gasteiger partial charge in [-0.1, -0.05) is 18.2 Å². The van der Waals surface area contributed by atoms with Crippen molar-refractivity contribution in [1.29, 1.82) is 5.26 Å². The van der Waals surface area contributed by atoms with E-state index in [1.807, 2.05) is 0 Å². The Morgan fingerprint density at radius 2 is 1.88 bits per heavy atom. The van der Waals surface area contributed by atoms with E-state index in [4.69, 9.17) is 0 Å². The summed E-state index contributed by atoms with van der Waals surface area (Å²) in [5.41, 5.74) is 0.645. The van der Waals surface area contributed by atoms with E-state index in [1.165, 1.54) is 56.7 Å². The summed E-state index contributed by atoms with van der Waals surface area (Å²) < 4.78 is 42.0. The zero-order valence-corrected chi connectivity index (χ0v) is 18.2. The van der Waals surface area contributed by atoms with Gasteiger partial charge in [-0.25, -0.2) is 4.98 Å². The van der Waals surface area contributed by atoms with Crippen LogP contribution in [-0.4, -0.2) is 46.9 Å². The summed E-state index contributed by atoms with van der Waals surface area (Å²) in [4.78, 5) is 11.1. The van der Waals surface area contributed by atoms with Crippen molar-refractivity contribution in [3.8, 4) is 11.8 Å². The number of nitriles is 1. The molecule has 0 bridgehead atoms. The second-order valence-corrected chi connectivity index (χ2v) is 8.52. The summed E-state index contributed by atoms with van der Waals surface area (Å²) in [5.74, 6) is 0.893. The van der Waals surface area contributed by atoms with Crippen LogP contribution >= 0.6 is 0 Å². The summed E-state index contributed by atoms with van der Waals surface area (Å²) in [7, 11) is 0.